The second-order valence-corrected chi connectivity index (χ2v) is 8.13. The van der Waals surface area contributed by atoms with E-state index >= 15 is 0 Å². The highest BCUT2D eigenvalue weighted by Gasteiger charge is 2.36. The van der Waals surface area contributed by atoms with Crippen LogP contribution in [0.15, 0.2) is 48.5 Å². The number of carboxylic acid groups (broad SMARTS) is 1. The summed E-state index contributed by atoms with van der Waals surface area (Å²) in [7, 11) is 0. The Morgan fingerprint density at radius 2 is 1.67 bits per heavy atom. The molecule has 2 aromatic rings. The Morgan fingerprint density at radius 3 is 2.20 bits per heavy atom. The van der Waals surface area contributed by atoms with Crippen molar-refractivity contribution in [1.82, 2.24) is 4.90 Å². The first kappa shape index (κ1) is 23.2. The third kappa shape index (κ3) is 5.51. The first-order valence-corrected chi connectivity index (χ1v) is 9.92. The lowest BCUT2D eigenvalue weighted by atomic mass is 10.0. The molecule has 3 amide bonds. The molecule has 0 fully saturated rings. The topological polar surface area (TPSA) is 98.7 Å². The number of benzene rings is 2. The number of nitrogens with zero attached hydrogens (tertiary/aromatic N) is 1. The van der Waals surface area contributed by atoms with Crippen LogP contribution in [-0.2, 0) is 4.79 Å². The minimum Gasteiger partial charge on any atom is -0.465 e. The average molecular weight is 432 g/mol. The molecule has 0 aliphatic rings. The minimum absolute atomic E-state index is 0.101. The van der Waals surface area contributed by atoms with Crippen molar-refractivity contribution in [3.63, 3.8) is 0 Å². The lowest BCUT2D eigenvalue weighted by molar-refractivity contribution is -0.122. The number of nitrogens with one attached hydrogen (secondary N) is 2. The van der Waals surface area contributed by atoms with E-state index in [4.69, 9.17) is 11.6 Å². The number of hydrogen-bond acceptors (Lipinski definition) is 3. The molecule has 0 saturated carbocycles. The zero-order valence-electron chi connectivity index (χ0n) is 17.4. The fraction of sp³-hybridized carbons (Fsp3) is 0.318. The van der Waals surface area contributed by atoms with Crippen LogP contribution in [0.2, 0.25) is 5.02 Å². The van der Waals surface area contributed by atoms with E-state index in [1.54, 1.807) is 70.2 Å². The standard InChI is InChI=1S/C22H26ClN3O4/c1-5-17(26(21(29)30)22(2,3)4)19(27)25-16-13-9-12-15(23)18(16)20(28)24-14-10-7-6-8-11-14/h6-13,17H,5H2,1-4H3,(H,24,28)(H,25,27)(H,29,30)/t17-/m0/s1. The lowest BCUT2D eigenvalue weighted by Crippen LogP contribution is -2.55. The molecule has 7 nitrogen and oxygen atoms in total. The van der Waals surface area contributed by atoms with Crippen molar-refractivity contribution in [2.75, 3.05) is 10.6 Å². The lowest BCUT2D eigenvalue weighted by Gasteiger charge is -2.38. The van der Waals surface area contributed by atoms with Gasteiger partial charge in [0.2, 0.25) is 5.91 Å². The first-order chi connectivity index (χ1) is 14.1. The third-order valence-electron chi connectivity index (χ3n) is 4.46. The van der Waals surface area contributed by atoms with Gasteiger partial charge in [0.1, 0.15) is 6.04 Å². The van der Waals surface area contributed by atoms with Crippen LogP contribution < -0.4 is 10.6 Å². The molecule has 3 N–H and O–H groups in total. The van der Waals surface area contributed by atoms with Crippen molar-refractivity contribution in [2.24, 2.45) is 0 Å². The van der Waals surface area contributed by atoms with Crippen LogP contribution in [0.5, 0.6) is 0 Å². The van der Waals surface area contributed by atoms with Gasteiger partial charge in [-0.3, -0.25) is 14.5 Å². The Labute approximate surface area is 181 Å². The predicted octanol–water partition coefficient (Wildman–Crippen LogP) is 5.09. The number of rotatable bonds is 6. The van der Waals surface area contributed by atoms with Crippen LogP contribution >= 0.6 is 11.6 Å². The van der Waals surface area contributed by atoms with Crippen LogP contribution in [0.25, 0.3) is 0 Å². The van der Waals surface area contributed by atoms with E-state index in [1.807, 2.05) is 6.07 Å². The number of para-hydroxylation sites is 1. The van der Waals surface area contributed by atoms with Gasteiger partial charge >= 0.3 is 6.09 Å². The summed E-state index contributed by atoms with van der Waals surface area (Å²) in [5.74, 6) is -1.02. The van der Waals surface area contributed by atoms with Gasteiger partial charge in [-0.25, -0.2) is 4.79 Å². The number of amides is 3. The highest BCUT2D eigenvalue weighted by atomic mass is 35.5. The van der Waals surface area contributed by atoms with Gasteiger partial charge in [0.25, 0.3) is 5.91 Å². The Balaban J connectivity index is 2.33. The van der Waals surface area contributed by atoms with Crippen LogP contribution in [-0.4, -0.2) is 39.5 Å². The molecule has 0 saturated heterocycles. The summed E-state index contributed by atoms with van der Waals surface area (Å²) >= 11 is 6.26. The smallest absolute Gasteiger partial charge is 0.408 e. The van der Waals surface area contributed by atoms with Gasteiger partial charge < -0.3 is 15.7 Å². The number of hydrogen-bond donors (Lipinski definition) is 3. The molecule has 0 unspecified atom stereocenters. The second kappa shape index (κ2) is 9.63. The van der Waals surface area contributed by atoms with E-state index < -0.39 is 29.5 Å². The molecular weight excluding hydrogens is 406 g/mol. The van der Waals surface area contributed by atoms with Gasteiger partial charge in [-0.1, -0.05) is 42.8 Å². The molecule has 2 aromatic carbocycles. The van der Waals surface area contributed by atoms with E-state index in [9.17, 15) is 19.5 Å². The van der Waals surface area contributed by atoms with Crippen LogP contribution in [0.1, 0.15) is 44.5 Å². The van der Waals surface area contributed by atoms with Crippen molar-refractivity contribution in [1.29, 1.82) is 0 Å². The largest absolute Gasteiger partial charge is 0.465 e. The Bertz CT molecular complexity index is 926. The summed E-state index contributed by atoms with van der Waals surface area (Å²) < 4.78 is 0. The normalized spacial score (nSPS) is 12.0. The fourth-order valence-corrected chi connectivity index (χ4v) is 3.42. The highest BCUT2D eigenvalue weighted by molar-refractivity contribution is 6.35. The quantitative estimate of drug-likeness (QED) is 0.593. The molecule has 0 aliphatic heterocycles. The molecule has 0 radical (unpaired) electrons. The van der Waals surface area contributed by atoms with Crippen molar-refractivity contribution in [3.05, 3.63) is 59.1 Å². The number of carbonyl (C=O) groups is 3. The maximum atomic E-state index is 13.0. The van der Waals surface area contributed by atoms with Crippen LogP contribution in [0, 0.1) is 0 Å². The predicted molar refractivity (Wildman–Crippen MR) is 118 cm³/mol. The molecule has 160 valence electrons. The Hall–Kier alpha value is -3.06. The van der Waals surface area contributed by atoms with E-state index in [0.717, 1.165) is 4.90 Å². The van der Waals surface area contributed by atoms with E-state index in [2.05, 4.69) is 10.6 Å². The van der Waals surface area contributed by atoms with Crippen molar-refractivity contribution >= 4 is 40.9 Å². The van der Waals surface area contributed by atoms with Crippen molar-refractivity contribution in [2.45, 2.75) is 45.7 Å². The molecule has 8 heteroatoms. The zero-order valence-corrected chi connectivity index (χ0v) is 18.2. The molecule has 0 spiro atoms. The summed E-state index contributed by atoms with van der Waals surface area (Å²) in [6.07, 6.45) is -0.931. The monoisotopic (exact) mass is 431 g/mol. The maximum absolute atomic E-state index is 13.0. The van der Waals surface area contributed by atoms with Gasteiger partial charge in [0, 0.05) is 11.2 Å². The first-order valence-electron chi connectivity index (χ1n) is 9.54. The average Bonchev–Trinajstić information content (AvgIpc) is 2.65. The van der Waals surface area contributed by atoms with Crippen molar-refractivity contribution < 1.29 is 19.5 Å². The maximum Gasteiger partial charge on any atom is 0.408 e. The summed E-state index contributed by atoms with van der Waals surface area (Å²) in [5, 5.41) is 15.2. The molecule has 2 rings (SSSR count). The van der Waals surface area contributed by atoms with E-state index in [1.165, 1.54) is 0 Å². The summed E-state index contributed by atoms with van der Waals surface area (Å²) in [6, 6.07) is 12.6. The molecule has 0 aromatic heterocycles. The Morgan fingerprint density at radius 1 is 1.03 bits per heavy atom. The van der Waals surface area contributed by atoms with E-state index in [-0.39, 0.29) is 22.7 Å². The van der Waals surface area contributed by atoms with Crippen LogP contribution in [0.3, 0.4) is 0 Å². The number of anilines is 2. The summed E-state index contributed by atoms with van der Waals surface area (Å²) in [6.45, 7) is 6.88. The SMILES string of the molecule is CC[C@@H](C(=O)Nc1cccc(Cl)c1C(=O)Nc1ccccc1)N(C(=O)O)C(C)(C)C. The highest BCUT2D eigenvalue weighted by Crippen LogP contribution is 2.27. The second-order valence-electron chi connectivity index (χ2n) is 7.72. The number of carbonyl (C=O) groups excluding carboxylic acids is 2. The third-order valence-corrected chi connectivity index (χ3v) is 4.77. The minimum atomic E-state index is -1.20. The number of halogens is 1. The van der Waals surface area contributed by atoms with Crippen molar-refractivity contribution in [3.8, 4) is 0 Å². The van der Waals surface area contributed by atoms with Gasteiger partial charge in [-0.2, -0.15) is 0 Å². The fourth-order valence-electron chi connectivity index (χ4n) is 3.16. The van der Waals surface area contributed by atoms with Gasteiger partial charge in [-0.05, 0) is 51.5 Å². The van der Waals surface area contributed by atoms with E-state index in [0.29, 0.717) is 5.69 Å². The molecular formula is C22H26ClN3O4. The molecule has 0 aliphatic carbocycles. The Kier molecular flexibility index (Phi) is 7.45. The summed E-state index contributed by atoms with van der Waals surface area (Å²) in [4.78, 5) is 38.7. The van der Waals surface area contributed by atoms with Gasteiger partial charge in [0.15, 0.2) is 0 Å². The molecule has 0 bridgehead atoms. The molecule has 1 atom stereocenters. The molecule has 30 heavy (non-hydrogen) atoms. The molecule has 0 heterocycles. The summed E-state index contributed by atoms with van der Waals surface area (Å²) in [5.41, 5.74) is 0.101. The zero-order chi connectivity index (χ0) is 22.5. The van der Waals surface area contributed by atoms with Gasteiger partial charge in [0.05, 0.1) is 16.3 Å². The van der Waals surface area contributed by atoms with Gasteiger partial charge in [-0.15, -0.1) is 0 Å². The van der Waals surface area contributed by atoms with Crippen LogP contribution in [0.4, 0.5) is 16.2 Å².